The summed E-state index contributed by atoms with van der Waals surface area (Å²) in [5.74, 6) is 0.659. The highest BCUT2D eigenvalue weighted by atomic mass is 16.3. The molecule has 4 rings (SSSR count). The Morgan fingerprint density at radius 3 is 2.62 bits per heavy atom. The second-order valence-corrected chi connectivity index (χ2v) is 5.76. The van der Waals surface area contributed by atoms with Crippen LogP contribution in [0.15, 0.2) is 77.8 Å². The number of aromatic nitrogens is 3. The van der Waals surface area contributed by atoms with Gasteiger partial charge in [0.1, 0.15) is 6.26 Å². The molecule has 0 atom stereocenters. The standard InChI is InChI=1S/C20H17N3O/c1-15-7-5-6-10-18(15)20-22-17(13-24-20)11-23-12-19(21-14-23)16-8-3-2-4-9-16/h2-10,12-14H,11H2,1H3. The van der Waals surface area contributed by atoms with Crippen LogP contribution in [0.25, 0.3) is 22.7 Å². The molecule has 4 nitrogen and oxygen atoms in total. The van der Waals surface area contributed by atoms with Gasteiger partial charge in [-0.2, -0.15) is 0 Å². The smallest absolute Gasteiger partial charge is 0.226 e. The van der Waals surface area contributed by atoms with Crippen LogP contribution in [0.5, 0.6) is 0 Å². The molecule has 0 N–H and O–H groups in total. The molecule has 4 heteroatoms. The summed E-state index contributed by atoms with van der Waals surface area (Å²) >= 11 is 0. The van der Waals surface area contributed by atoms with Crippen LogP contribution in [-0.2, 0) is 6.54 Å². The number of hydrogen-bond acceptors (Lipinski definition) is 3. The normalized spacial score (nSPS) is 10.9. The first-order chi connectivity index (χ1) is 11.8. The molecule has 0 unspecified atom stereocenters. The van der Waals surface area contributed by atoms with Crippen LogP contribution >= 0.6 is 0 Å². The van der Waals surface area contributed by atoms with E-state index in [0.29, 0.717) is 12.4 Å². The summed E-state index contributed by atoms with van der Waals surface area (Å²) in [5.41, 5.74) is 5.12. The van der Waals surface area contributed by atoms with Crippen molar-refractivity contribution in [1.82, 2.24) is 14.5 Å². The molecule has 0 saturated heterocycles. The van der Waals surface area contributed by atoms with Crippen molar-refractivity contribution in [2.75, 3.05) is 0 Å². The van der Waals surface area contributed by atoms with Gasteiger partial charge in [0.2, 0.25) is 5.89 Å². The van der Waals surface area contributed by atoms with Crippen molar-refractivity contribution in [2.24, 2.45) is 0 Å². The average molecular weight is 315 g/mol. The molecule has 4 aromatic rings. The Morgan fingerprint density at radius 2 is 1.79 bits per heavy atom. The van der Waals surface area contributed by atoms with E-state index in [9.17, 15) is 0 Å². The van der Waals surface area contributed by atoms with Gasteiger partial charge in [0.15, 0.2) is 0 Å². The van der Waals surface area contributed by atoms with Gasteiger partial charge >= 0.3 is 0 Å². The fraction of sp³-hybridized carbons (Fsp3) is 0.100. The largest absolute Gasteiger partial charge is 0.444 e. The lowest BCUT2D eigenvalue weighted by molar-refractivity contribution is 0.571. The van der Waals surface area contributed by atoms with E-state index in [2.05, 4.69) is 35.1 Å². The van der Waals surface area contributed by atoms with Crippen molar-refractivity contribution in [1.29, 1.82) is 0 Å². The van der Waals surface area contributed by atoms with Crippen molar-refractivity contribution in [2.45, 2.75) is 13.5 Å². The van der Waals surface area contributed by atoms with Gasteiger partial charge in [-0.05, 0) is 18.6 Å². The third-order valence-electron chi connectivity index (χ3n) is 3.97. The number of benzene rings is 2. The van der Waals surface area contributed by atoms with E-state index in [0.717, 1.165) is 28.1 Å². The number of rotatable bonds is 4. The van der Waals surface area contributed by atoms with E-state index in [4.69, 9.17) is 4.42 Å². The minimum atomic E-state index is 0.634. The number of aryl methyl sites for hydroxylation is 1. The molecule has 0 spiro atoms. The summed E-state index contributed by atoms with van der Waals surface area (Å²) in [4.78, 5) is 9.07. The van der Waals surface area contributed by atoms with E-state index in [1.165, 1.54) is 0 Å². The third-order valence-corrected chi connectivity index (χ3v) is 3.97. The number of hydrogen-bond donors (Lipinski definition) is 0. The molecule has 0 bridgehead atoms. The van der Waals surface area contributed by atoms with Crippen molar-refractivity contribution in [3.63, 3.8) is 0 Å². The minimum absolute atomic E-state index is 0.634. The molecule has 0 fully saturated rings. The summed E-state index contributed by atoms with van der Waals surface area (Å²) in [6, 6.07) is 18.2. The lowest BCUT2D eigenvalue weighted by Gasteiger charge is -1.99. The van der Waals surface area contributed by atoms with E-state index in [1.54, 1.807) is 6.26 Å². The van der Waals surface area contributed by atoms with Gasteiger partial charge in [-0.1, -0.05) is 48.5 Å². The zero-order chi connectivity index (χ0) is 16.4. The van der Waals surface area contributed by atoms with Crippen LogP contribution in [0.1, 0.15) is 11.3 Å². The van der Waals surface area contributed by atoms with E-state index < -0.39 is 0 Å². The average Bonchev–Trinajstić information content (AvgIpc) is 3.26. The molecule has 2 aromatic heterocycles. The summed E-state index contributed by atoms with van der Waals surface area (Å²) < 4.78 is 7.67. The molecule has 0 aliphatic heterocycles. The summed E-state index contributed by atoms with van der Waals surface area (Å²) in [6.07, 6.45) is 5.56. The van der Waals surface area contributed by atoms with E-state index in [1.807, 2.05) is 53.5 Å². The van der Waals surface area contributed by atoms with Gasteiger partial charge in [-0.15, -0.1) is 0 Å². The van der Waals surface area contributed by atoms with Crippen LogP contribution in [0.3, 0.4) is 0 Å². The Kier molecular flexibility index (Phi) is 3.71. The van der Waals surface area contributed by atoms with Gasteiger partial charge in [-0.25, -0.2) is 9.97 Å². The van der Waals surface area contributed by atoms with Gasteiger partial charge < -0.3 is 8.98 Å². The van der Waals surface area contributed by atoms with Gasteiger partial charge in [0, 0.05) is 17.3 Å². The predicted molar refractivity (Wildman–Crippen MR) is 93.4 cm³/mol. The van der Waals surface area contributed by atoms with Crippen molar-refractivity contribution >= 4 is 0 Å². The second kappa shape index (κ2) is 6.16. The first kappa shape index (κ1) is 14.5. The quantitative estimate of drug-likeness (QED) is 0.554. The summed E-state index contributed by atoms with van der Waals surface area (Å²) in [7, 11) is 0. The minimum Gasteiger partial charge on any atom is -0.444 e. The second-order valence-electron chi connectivity index (χ2n) is 5.76. The Balaban J connectivity index is 1.55. The Morgan fingerprint density at radius 1 is 1.00 bits per heavy atom. The number of oxazole rings is 1. The molecule has 0 aliphatic rings. The zero-order valence-electron chi connectivity index (χ0n) is 13.4. The van der Waals surface area contributed by atoms with Gasteiger partial charge in [0.05, 0.1) is 24.3 Å². The molecule has 0 amide bonds. The maximum absolute atomic E-state index is 5.65. The molecule has 2 aromatic carbocycles. The van der Waals surface area contributed by atoms with Crippen molar-refractivity contribution in [3.8, 4) is 22.7 Å². The fourth-order valence-electron chi connectivity index (χ4n) is 2.71. The maximum Gasteiger partial charge on any atom is 0.226 e. The SMILES string of the molecule is Cc1ccccc1-c1nc(Cn2cnc(-c3ccccc3)c2)co1. The zero-order valence-corrected chi connectivity index (χ0v) is 13.4. The highest BCUT2D eigenvalue weighted by molar-refractivity contribution is 5.58. The monoisotopic (exact) mass is 315 g/mol. The molecule has 2 heterocycles. The Hall–Kier alpha value is -3.14. The molecule has 0 radical (unpaired) electrons. The van der Waals surface area contributed by atoms with E-state index in [-0.39, 0.29) is 0 Å². The van der Waals surface area contributed by atoms with Crippen LogP contribution in [0, 0.1) is 6.92 Å². The van der Waals surface area contributed by atoms with E-state index >= 15 is 0 Å². The third kappa shape index (κ3) is 2.86. The first-order valence-electron chi connectivity index (χ1n) is 7.87. The highest BCUT2D eigenvalue weighted by Gasteiger charge is 2.10. The highest BCUT2D eigenvalue weighted by Crippen LogP contribution is 2.23. The molecule has 0 aliphatic carbocycles. The lowest BCUT2D eigenvalue weighted by Crippen LogP contribution is -1.96. The van der Waals surface area contributed by atoms with Crippen LogP contribution in [-0.4, -0.2) is 14.5 Å². The predicted octanol–water partition coefficient (Wildman–Crippen LogP) is 4.56. The van der Waals surface area contributed by atoms with Crippen LogP contribution in [0.2, 0.25) is 0 Å². The van der Waals surface area contributed by atoms with Crippen molar-refractivity contribution in [3.05, 3.63) is 84.6 Å². The summed E-state index contributed by atoms with van der Waals surface area (Å²) in [5, 5.41) is 0. The van der Waals surface area contributed by atoms with Gasteiger partial charge in [-0.3, -0.25) is 0 Å². The fourth-order valence-corrected chi connectivity index (χ4v) is 2.71. The van der Waals surface area contributed by atoms with Crippen LogP contribution in [0.4, 0.5) is 0 Å². The number of imidazole rings is 1. The first-order valence-corrected chi connectivity index (χ1v) is 7.87. The molecule has 0 saturated carbocycles. The lowest BCUT2D eigenvalue weighted by atomic mass is 10.1. The molecule has 118 valence electrons. The number of nitrogens with zero attached hydrogens (tertiary/aromatic N) is 3. The molecule has 24 heavy (non-hydrogen) atoms. The molecular formula is C20H17N3O. The van der Waals surface area contributed by atoms with Crippen molar-refractivity contribution < 1.29 is 4.42 Å². The van der Waals surface area contributed by atoms with Crippen LogP contribution < -0.4 is 0 Å². The molecular weight excluding hydrogens is 298 g/mol. The van der Waals surface area contributed by atoms with Gasteiger partial charge in [0.25, 0.3) is 0 Å². The topological polar surface area (TPSA) is 43.9 Å². The summed E-state index contributed by atoms with van der Waals surface area (Å²) in [6.45, 7) is 2.69. The Labute approximate surface area is 140 Å². The maximum atomic E-state index is 5.65. The Bertz CT molecular complexity index is 954.